The van der Waals surface area contributed by atoms with Crippen LogP contribution < -0.4 is 10.1 Å². The number of halogens is 1. The van der Waals surface area contributed by atoms with E-state index in [1.165, 1.54) is 5.56 Å². The third kappa shape index (κ3) is 3.18. The first-order chi connectivity index (χ1) is 13.6. The fourth-order valence-corrected chi connectivity index (χ4v) is 5.63. The zero-order valence-electron chi connectivity index (χ0n) is 16.2. The predicted molar refractivity (Wildman–Crippen MR) is 117 cm³/mol. The Kier molecular flexibility index (Phi) is 5.33. The van der Waals surface area contributed by atoms with Crippen LogP contribution in [0.25, 0.3) is 0 Å². The number of allylic oxidation sites excluding steroid dienone is 1. The highest BCUT2D eigenvalue weighted by molar-refractivity contribution is 9.10. The first-order valence-electron chi connectivity index (χ1n) is 9.88. The number of Topliss-reactive ketones (excluding diaryl/α,β-unsaturated/α-hetero) is 1. The molecule has 146 valence electrons. The van der Waals surface area contributed by atoms with Crippen molar-refractivity contribution in [3.63, 3.8) is 0 Å². The van der Waals surface area contributed by atoms with Crippen LogP contribution in [0.1, 0.15) is 31.2 Å². The summed E-state index contributed by atoms with van der Waals surface area (Å²) < 4.78 is 6.36. The van der Waals surface area contributed by atoms with Crippen LogP contribution in [0.15, 0.2) is 65.7 Å². The van der Waals surface area contributed by atoms with Crippen LogP contribution in [-0.4, -0.2) is 18.9 Å². The molecule has 3 saturated carbocycles. The third-order valence-electron chi connectivity index (χ3n) is 6.65. The monoisotopic (exact) mass is 439 g/mol. The van der Waals surface area contributed by atoms with Crippen molar-refractivity contribution in [1.29, 1.82) is 0 Å². The average Bonchev–Trinajstić information content (AvgIpc) is 2.71. The summed E-state index contributed by atoms with van der Waals surface area (Å²) in [6.45, 7) is 4.07. The number of hydrogen-bond donors (Lipinski definition) is 1. The number of nitrogens with one attached hydrogen (secondary N) is 1. The van der Waals surface area contributed by atoms with Gasteiger partial charge in [-0.3, -0.25) is 4.79 Å². The molecule has 5 rings (SSSR count). The van der Waals surface area contributed by atoms with E-state index in [-0.39, 0.29) is 17.4 Å². The number of methoxy groups -OCH3 is 1. The van der Waals surface area contributed by atoms with Crippen molar-refractivity contribution in [2.75, 3.05) is 12.4 Å². The number of fused-ring (bicyclic) bond motifs is 3. The van der Waals surface area contributed by atoms with Gasteiger partial charge >= 0.3 is 0 Å². The third-order valence-corrected chi connectivity index (χ3v) is 7.18. The Hall–Kier alpha value is -2.07. The molecule has 0 saturated heterocycles. The summed E-state index contributed by atoms with van der Waals surface area (Å²) in [5, 5.41) is 3.75. The standard InChI is InChI=1S/C24H26BrNO2/c1-3-14-24(16-4-7-18(25)8-5-16)17-6-13-21(22(27)15-17)23(24)26-19-9-11-20(28-2)12-10-19/h3-5,7-12,17,21,23,26H,1,6,13-15H2,2H3. The van der Waals surface area contributed by atoms with Crippen molar-refractivity contribution in [3.8, 4) is 5.75 Å². The summed E-state index contributed by atoms with van der Waals surface area (Å²) in [6, 6.07) is 16.7. The van der Waals surface area contributed by atoms with Crippen molar-refractivity contribution < 1.29 is 9.53 Å². The molecule has 1 N–H and O–H groups in total. The number of carbonyl (C=O) groups is 1. The Labute approximate surface area is 175 Å². The number of hydrogen-bond acceptors (Lipinski definition) is 3. The van der Waals surface area contributed by atoms with Gasteiger partial charge < -0.3 is 10.1 Å². The first kappa shape index (κ1) is 19.3. The minimum absolute atomic E-state index is 0.0377. The fourth-order valence-electron chi connectivity index (χ4n) is 5.37. The molecular formula is C24H26BrNO2. The van der Waals surface area contributed by atoms with Crippen LogP contribution in [-0.2, 0) is 10.2 Å². The van der Waals surface area contributed by atoms with Gasteiger partial charge in [0.25, 0.3) is 0 Å². The van der Waals surface area contributed by atoms with E-state index in [0.717, 1.165) is 35.2 Å². The Bertz CT molecular complexity index is 861. The molecule has 0 aromatic heterocycles. The lowest BCUT2D eigenvalue weighted by molar-refractivity contribution is -0.133. The van der Waals surface area contributed by atoms with Gasteiger partial charge in [0.05, 0.1) is 7.11 Å². The maximum absolute atomic E-state index is 12.8. The summed E-state index contributed by atoms with van der Waals surface area (Å²) >= 11 is 3.56. The Morgan fingerprint density at radius 1 is 1.18 bits per heavy atom. The van der Waals surface area contributed by atoms with E-state index in [2.05, 4.69) is 52.1 Å². The molecule has 28 heavy (non-hydrogen) atoms. The fraction of sp³-hybridized carbons (Fsp3) is 0.375. The van der Waals surface area contributed by atoms with Gasteiger partial charge in [-0.15, -0.1) is 6.58 Å². The summed E-state index contributed by atoms with van der Waals surface area (Å²) in [7, 11) is 1.67. The average molecular weight is 440 g/mol. The predicted octanol–water partition coefficient (Wildman–Crippen LogP) is 5.75. The van der Waals surface area contributed by atoms with Gasteiger partial charge in [-0.25, -0.2) is 0 Å². The minimum Gasteiger partial charge on any atom is -0.497 e. The second-order valence-electron chi connectivity index (χ2n) is 7.94. The zero-order chi connectivity index (χ0) is 19.7. The van der Waals surface area contributed by atoms with E-state index in [4.69, 9.17) is 4.74 Å². The van der Waals surface area contributed by atoms with Gasteiger partial charge in [-0.1, -0.05) is 34.1 Å². The molecule has 0 aliphatic heterocycles. The molecular weight excluding hydrogens is 414 g/mol. The smallest absolute Gasteiger partial charge is 0.138 e. The van der Waals surface area contributed by atoms with Crippen molar-refractivity contribution in [2.24, 2.45) is 11.8 Å². The topological polar surface area (TPSA) is 38.3 Å². The number of carbonyl (C=O) groups excluding carboxylic acids is 1. The van der Waals surface area contributed by atoms with Gasteiger partial charge in [-0.05, 0) is 67.1 Å². The Morgan fingerprint density at radius 3 is 2.50 bits per heavy atom. The highest BCUT2D eigenvalue weighted by atomic mass is 79.9. The molecule has 0 amide bonds. The van der Waals surface area contributed by atoms with Crippen LogP contribution in [0, 0.1) is 11.8 Å². The van der Waals surface area contributed by atoms with Crippen molar-refractivity contribution in [3.05, 3.63) is 71.2 Å². The lowest BCUT2D eigenvalue weighted by atomic mass is 9.49. The van der Waals surface area contributed by atoms with E-state index in [0.29, 0.717) is 18.1 Å². The molecule has 2 aromatic carbocycles. The molecule has 0 heterocycles. The summed E-state index contributed by atoms with van der Waals surface area (Å²) in [6.07, 6.45) is 5.62. The number of benzene rings is 2. The summed E-state index contributed by atoms with van der Waals surface area (Å²) in [4.78, 5) is 12.8. The highest BCUT2D eigenvalue weighted by Crippen LogP contribution is 2.55. The molecule has 4 atom stereocenters. The second kappa shape index (κ2) is 7.75. The highest BCUT2D eigenvalue weighted by Gasteiger charge is 2.57. The van der Waals surface area contributed by atoms with E-state index in [9.17, 15) is 4.79 Å². The molecule has 3 fully saturated rings. The van der Waals surface area contributed by atoms with E-state index in [1.807, 2.05) is 30.3 Å². The van der Waals surface area contributed by atoms with E-state index in [1.54, 1.807) is 7.11 Å². The van der Waals surface area contributed by atoms with Crippen molar-refractivity contribution >= 4 is 27.4 Å². The Balaban J connectivity index is 1.78. The molecule has 0 spiro atoms. The molecule has 4 heteroatoms. The van der Waals surface area contributed by atoms with Crippen LogP contribution in [0.2, 0.25) is 0 Å². The lowest BCUT2D eigenvalue weighted by Gasteiger charge is -2.57. The molecule has 4 unspecified atom stereocenters. The second-order valence-corrected chi connectivity index (χ2v) is 8.86. The SMILES string of the molecule is C=CCC1(c2ccc(Br)cc2)C2CCC(C(=O)C2)C1Nc1ccc(OC)cc1. The number of ether oxygens (including phenoxy) is 1. The number of rotatable bonds is 6. The van der Waals surface area contributed by atoms with Gasteiger partial charge in [0.1, 0.15) is 11.5 Å². The molecule has 3 aliphatic carbocycles. The van der Waals surface area contributed by atoms with E-state index < -0.39 is 0 Å². The van der Waals surface area contributed by atoms with Gasteiger partial charge in [-0.2, -0.15) is 0 Å². The zero-order valence-corrected chi connectivity index (χ0v) is 17.7. The molecule has 3 nitrogen and oxygen atoms in total. The lowest BCUT2D eigenvalue weighted by Crippen LogP contribution is -2.62. The summed E-state index contributed by atoms with van der Waals surface area (Å²) in [5.74, 6) is 1.60. The number of anilines is 1. The Morgan fingerprint density at radius 2 is 1.89 bits per heavy atom. The molecule has 3 aliphatic rings. The largest absolute Gasteiger partial charge is 0.497 e. The molecule has 0 radical (unpaired) electrons. The number of ketones is 1. The first-order valence-corrected chi connectivity index (χ1v) is 10.7. The van der Waals surface area contributed by atoms with Crippen molar-refractivity contribution in [1.82, 2.24) is 0 Å². The van der Waals surface area contributed by atoms with Crippen LogP contribution in [0.5, 0.6) is 5.75 Å². The van der Waals surface area contributed by atoms with Gasteiger partial charge in [0.2, 0.25) is 0 Å². The van der Waals surface area contributed by atoms with Gasteiger partial charge in [0.15, 0.2) is 0 Å². The minimum atomic E-state index is -0.126. The van der Waals surface area contributed by atoms with Crippen LogP contribution in [0.3, 0.4) is 0 Å². The van der Waals surface area contributed by atoms with Crippen LogP contribution >= 0.6 is 15.9 Å². The van der Waals surface area contributed by atoms with Gasteiger partial charge in [0, 0.05) is 34.0 Å². The normalized spacial score (nSPS) is 28.8. The maximum atomic E-state index is 12.8. The molecule has 2 aromatic rings. The van der Waals surface area contributed by atoms with Crippen LogP contribution in [0.4, 0.5) is 5.69 Å². The maximum Gasteiger partial charge on any atom is 0.138 e. The molecule has 2 bridgehead atoms. The van der Waals surface area contributed by atoms with Crippen molar-refractivity contribution in [2.45, 2.75) is 37.1 Å². The van der Waals surface area contributed by atoms with E-state index >= 15 is 0 Å². The quantitative estimate of drug-likeness (QED) is 0.582. The summed E-state index contributed by atoms with van der Waals surface area (Å²) in [5.41, 5.74) is 2.19.